The van der Waals surface area contributed by atoms with Gasteiger partial charge in [0, 0.05) is 20.3 Å². The lowest BCUT2D eigenvalue weighted by Crippen LogP contribution is -2.25. The molecule has 0 saturated heterocycles. The highest BCUT2D eigenvalue weighted by Gasteiger charge is 2.32. The normalized spacial score (nSPS) is 15.4. The molecule has 0 fully saturated rings. The van der Waals surface area contributed by atoms with Gasteiger partial charge in [-0.15, -0.1) is 5.10 Å². The summed E-state index contributed by atoms with van der Waals surface area (Å²) in [4.78, 5) is 23.2. The van der Waals surface area contributed by atoms with Crippen LogP contribution in [0.15, 0.2) is 47.6 Å². The zero-order valence-corrected chi connectivity index (χ0v) is 19.0. The standard InChI is InChI=1S/C23H27N3O4S/c1-15-7-5-8-16(2)21(15)30-14-6-13-29-20-11-9-19(10-12-20)22-26(18(4)28)25-23(31-22)24-17(3)27/h5,7-12,22H,6,13-14H2,1-4H3,(H,24,25,27)/t22-/m1/s1. The highest BCUT2D eigenvalue weighted by Crippen LogP contribution is 2.39. The maximum atomic E-state index is 11.9. The summed E-state index contributed by atoms with van der Waals surface area (Å²) in [6.45, 7) is 8.07. The van der Waals surface area contributed by atoms with Gasteiger partial charge >= 0.3 is 0 Å². The van der Waals surface area contributed by atoms with Crippen molar-refractivity contribution in [3.63, 3.8) is 0 Å². The van der Waals surface area contributed by atoms with E-state index in [1.807, 2.05) is 56.3 Å². The topological polar surface area (TPSA) is 80.2 Å². The molecule has 0 aromatic heterocycles. The number of aryl methyl sites for hydroxylation is 2. The summed E-state index contributed by atoms with van der Waals surface area (Å²) in [7, 11) is 0. The average Bonchev–Trinajstić information content (AvgIpc) is 3.13. The first-order valence-electron chi connectivity index (χ1n) is 10.1. The molecular formula is C23H27N3O4S. The molecule has 0 radical (unpaired) electrons. The van der Waals surface area contributed by atoms with Gasteiger partial charge in [-0.05, 0) is 42.7 Å². The summed E-state index contributed by atoms with van der Waals surface area (Å²) in [6.07, 6.45) is 0.764. The lowest BCUT2D eigenvalue weighted by molar-refractivity contribution is -0.129. The maximum absolute atomic E-state index is 11.9. The first-order valence-corrected chi connectivity index (χ1v) is 11.0. The van der Waals surface area contributed by atoms with Gasteiger partial charge < -0.3 is 14.8 Å². The van der Waals surface area contributed by atoms with Crippen molar-refractivity contribution in [3.8, 4) is 11.5 Å². The van der Waals surface area contributed by atoms with Crippen LogP contribution < -0.4 is 14.8 Å². The molecule has 2 aromatic rings. The van der Waals surface area contributed by atoms with Crippen molar-refractivity contribution >= 4 is 28.7 Å². The van der Waals surface area contributed by atoms with Crippen LogP contribution in [0.5, 0.6) is 11.5 Å². The number of para-hydroxylation sites is 1. The molecule has 8 heteroatoms. The van der Waals surface area contributed by atoms with Crippen molar-refractivity contribution in [2.24, 2.45) is 5.10 Å². The molecule has 164 valence electrons. The van der Waals surface area contributed by atoms with E-state index in [0.29, 0.717) is 18.4 Å². The first-order chi connectivity index (χ1) is 14.8. The molecule has 31 heavy (non-hydrogen) atoms. The van der Waals surface area contributed by atoms with Gasteiger partial charge in [0.2, 0.25) is 11.8 Å². The molecule has 1 N–H and O–H groups in total. The fraction of sp³-hybridized carbons (Fsp3) is 0.348. The van der Waals surface area contributed by atoms with E-state index in [2.05, 4.69) is 10.4 Å². The number of hydrogen-bond acceptors (Lipinski definition) is 6. The summed E-state index contributed by atoms with van der Waals surface area (Å²) >= 11 is 1.32. The van der Waals surface area contributed by atoms with Crippen molar-refractivity contribution in [2.75, 3.05) is 13.2 Å². The van der Waals surface area contributed by atoms with Crippen molar-refractivity contribution in [2.45, 2.75) is 39.5 Å². The number of hydrazone groups is 1. The highest BCUT2D eigenvalue weighted by atomic mass is 32.2. The number of thioether (sulfide) groups is 1. The summed E-state index contributed by atoms with van der Waals surface area (Å²) < 4.78 is 11.7. The molecule has 1 aliphatic heterocycles. The zero-order chi connectivity index (χ0) is 22.4. The monoisotopic (exact) mass is 441 g/mol. The van der Waals surface area contributed by atoms with E-state index in [1.165, 1.54) is 30.6 Å². The third-order valence-corrected chi connectivity index (χ3v) is 5.73. The minimum Gasteiger partial charge on any atom is -0.493 e. The Hall–Kier alpha value is -3.00. The fourth-order valence-electron chi connectivity index (χ4n) is 3.16. The van der Waals surface area contributed by atoms with Gasteiger partial charge in [-0.3, -0.25) is 9.59 Å². The average molecular weight is 442 g/mol. The molecule has 7 nitrogen and oxygen atoms in total. The number of carbonyl (C=O) groups is 2. The van der Waals surface area contributed by atoms with Gasteiger partial charge in [-0.25, -0.2) is 5.01 Å². The molecule has 2 amide bonds. The van der Waals surface area contributed by atoms with Crippen molar-refractivity contribution < 1.29 is 19.1 Å². The Morgan fingerprint density at radius 1 is 1.03 bits per heavy atom. The first kappa shape index (κ1) is 22.7. The van der Waals surface area contributed by atoms with Crippen LogP contribution in [0.1, 0.15) is 42.3 Å². The van der Waals surface area contributed by atoms with Crippen LogP contribution in [0.25, 0.3) is 0 Å². The lowest BCUT2D eigenvalue weighted by atomic mass is 10.1. The predicted molar refractivity (Wildman–Crippen MR) is 122 cm³/mol. The van der Waals surface area contributed by atoms with Gasteiger partial charge in [-0.2, -0.15) is 0 Å². The second-order valence-corrected chi connectivity index (χ2v) is 8.33. The fourth-order valence-corrected chi connectivity index (χ4v) is 4.30. The summed E-state index contributed by atoms with van der Waals surface area (Å²) in [6, 6.07) is 13.7. The number of benzene rings is 2. The molecule has 2 aromatic carbocycles. The number of nitrogens with zero attached hydrogens (tertiary/aromatic N) is 2. The van der Waals surface area contributed by atoms with Crippen LogP contribution >= 0.6 is 11.8 Å². The van der Waals surface area contributed by atoms with Gasteiger partial charge in [0.1, 0.15) is 16.9 Å². The van der Waals surface area contributed by atoms with Gasteiger partial charge in [-0.1, -0.05) is 42.1 Å². The molecule has 1 heterocycles. The Morgan fingerprint density at radius 2 is 1.68 bits per heavy atom. The summed E-state index contributed by atoms with van der Waals surface area (Å²) in [5.41, 5.74) is 3.16. The molecule has 0 spiro atoms. The Bertz CT molecular complexity index is 955. The number of rotatable bonds is 7. The number of nitrogens with one attached hydrogen (secondary N) is 1. The van der Waals surface area contributed by atoms with E-state index in [9.17, 15) is 9.59 Å². The molecule has 1 aliphatic rings. The van der Waals surface area contributed by atoms with Crippen molar-refractivity contribution in [3.05, 3.63) is 59.2 Å². The minimum absolute atomic E-state index is 0.193. The van der Waals surface area contributed by atoms with Gasteiger partial charge in [0.05, 0.1) is 13.2 Å². The van der Waals surface area contributed by atoms with Crippen LogP contribution in [0.4, 0.5) is 0 Å². The molecule has 0 unspecified atom stereocenters. The Labute approximate surface area is 186 Å². The molecule has 0 bridgehead atoms. The Balaban J connectivity index is 1.50. The van der Waals surface area contributed by atoms with Crippen molar-refractivity contribution in [1.29, 1.82) is 0 Å². The molecule has 0 aliphatic carbocycles. The Kier molecular flexibility index (Phi) is 7.57. The summed E-state index contributed by atoms with van der Waals surface area (Å²) in [5, 5.41) is 8.31. The highest BCUT2D eigenvalue weighted by molar-refractivity contribution is 8.14. The van der Waals surface area contributed by atoms with E-state index < -0.39 is 0 Å². The third kappa shape index (κ3) is 6.01. The molecule has 0 saturated carbocycles. The smallest absolute Gasteiger partial charge is 0.241 e. The number of ether oxygens (including phenoxy) is 2. The molecule has 1 atom stereocenters. The van der Waals surface area contributed by atoms with Crippen LogP contribution in [0.3, 0.4) is 0 Å². The molecular weight excluding hydrogens is 414 g/mol. The van der Waals surface area contributed by atoms with E-state index in [0.717, 1.165) is 34.6 Å². The number of amides is 2. The van der Waals surface area contributed by atoms with E-state index >= 15 is 0 Å². The SMILES string of the molecule is CC(=O)NC1=NN(C(C)=O)[C@@H](c2ccc(OCCCOc3c(C)cccc3C)cc2)S1. The van der Waals surface area contributed by atoms with Gasteiger partial charge in [0.25, 0.3) is 0 Å². The lowest BCUT2D eigenvalue weighted by Gasteiger charge is -2.19. The maximum Gasteiger partial charge on any atom is 0.241 e. The van der Waals surface area contributed by atoms with Crippen LogP contribution in [0.2, 0.25) is 0 Å². The number of carbonyl (C=O) groups excluding carboxylic acids is 2. The van der Waals surface area contributed by atoms with Gasteiger partial charge in [0.15, 0.2) is 5.17 Å². The summed E-state index contributed by atoms with van der Waals surface area (Å²) in [5.74, 6) is 1.27. The zero-order valence-electron chi connectivity index (χ0n) is 18.2. The van der Waals surface area contributed by atoms with Crippen molar-refractivity contribution in [1.82, 2.24) is 10.3 Å². The Morgan fingerprint density at radius 3 is 2.29 bits per heavy atom. The minimum atomic E-state index is -0.320. The van der Waals surface area contributed by atoms with E-state index in [1.54, 1.807) is 0 Å². The second kappa shape index (κ2) is 10.3. The second-order valence-electron chi connectivity index (χ2n) is 7.26. The molecule has 3 rings (SSSR count). The predicted octanol–water partition coefficient (Wildman–Crippen LogP) is 4.15. The van der Waals surface area contributed by atoms with E-state index in [4.69, 9.17) is 9.47 Å². The number of hydrogen-bond donors (Lipinski definition) is 1. The van der Waals surface area contributed by atoms with Crippen LogP contribution in [0, 0.1) is 13.8 Å². The third-order valence-electron chi connectivity index (χ3n) is 4.63. The van der Waals surface area contributed by atoms with E-state index in [-0.39, 0.29) is 17.2 Å². The van der Waals surface area contributed by atoms with Crippen LogP contribution in [-0.4, -0.2) is 35.2 Å². The van der Waals surface area contributed by atoms with Crippen LogP contribution in [-0.2, 0) is 9.59 Å². The quantitative estimate of drug-likeness (QED) is 0.653. The number of amidine groups is 1. The largest absolute Gasteiger partial charge is 0.493 e.